The summed E-state index contributed by atoms with van der Waals surface area (Å²) in [4.78, 5) is 14.2. The highest BCUT2D eigenvalue weighted by atomic mass is 16.3. The molecule has 1 aliphatic carbocycles. The molecule has 2 fully saturated rings. The number of carbonyl (C=O) groups is 1. The number of amides is 1. The van der Waals surface area contributed by atoms with Crippen LogP contribution in [0.4, 0.5) is 0 Å². The molecule has 3 heteroatoms. The van der Waals surface area contributed by atoms with Crippen molar-refractivity contribution in [3.8, 4) is 5.75 Å². The molecule has 21 heavy (non-hydrogen) atoms. The molecule has 1 aromatic rings. The van der Waals surface area contributed by atoms with Crippen molar-refractivity contribution in [2.24, 2.45) is 5.92 Å². The summed E-state index contributed by atoms with van der Waals surface area (Å²) < 4.78 is 0. The predicted molar refractivity (Wildman–Crippen MR) is 83.5 cm³/mol. The minimum absolute atomic E-state index is 0.336. The molecule has 1 aromatic carbocycles. The Labute approximate surface area is 127 Å². The fourth-order valence-electron chi connectivity index (χ4n) is 3.70. The van der Waals surface area contributed by atoms with E-state index in [1.165, 1.54) is 16.7 Å². The first-order valence-electron chi connectivity index (χ1n) is 8.21. The number of phenols is 1. The highest BCUT2D eigenvalue weighted by Gasteiger charge is 2.35. The number of carbonyl (C=O) groups excluding carboxylic acids is 1. The largest absolute Gasteiger partial charge is 0.508 e. The van der Waals surface area contributed by atoms with E-state index in [0.717, 1.165) is 45.2 Å². The Morgan fingerprint density at radius 1 is 1.24 bits per heavy atom. The topological polar surface area (TPSA) is 40.5 Å². The summed E-state index contributed by atoms with van der Waals surface area (Å²) in [7, 11) is 0. The van der Waals surface area contributed by atoms with Crippen molar-refractivity contribution < 1.29 is 9.90 Å². The minimum Gasteiger partial charge on any atom is -0.508 e. The van der Waals surface area contributed by atoms with Gasteiger partial charge in [-0.25, -0.2) is 0 Å². The van der Waals surface area contributed by atoms with Gasteiger partial charge in [-0.05, 0) is 73.8 Å². The Balaban J connectivity index is 1.73. The molecule has 1 saturated heterocycles. The van der Waals surface area contributed by atoms with Crippen LogP contribution in [0.1, 0.15) is 55.2 Å². The molecule has 3 nitrogen and oxygen atoms in total. The summed E-state index contributed by atoms with van der Waals surface area (Å²) in [6.07, 6.45) is 5.24. The number of aryl methyl sites for hydroxylation is 2. The van der Waals surface area contributed by atoms with Crippen LogP contribution in [0.3, 0.4) is 0 Å². The number of nitrogens with zero attached hydrogens (tertiary/aromatic N) is 1. The molecule has 2 aliphatic rings. The van der Waals surface area contributed by atoms with Gasteiger partial charge in [0.25, 0.3) is 0 Å². The summed E-state index contributed by atoms with van der Waals surface area (Å²) in [6, 6.07) is 3.78. The first-order chi connectivity index (χ1) is 10.1. The lowest BCUT2D eigenvalue weighted by Gasteiger charge is -2.34. The number of hydrogen-bond acceptors (Lipinski definition) is 2. The third-order valence-electron chi connectivity index (χ3n) is 4.98. The lowest BCUT2D eigenvalue weighted by Crippen LogP contribution is -2.39. The number of rotatable bonds is 3. The maximum atomic E-state index is 12.1. The van der Waals surface area contributed by atoms with Crippen molar-refractivity contribution in [3.63, 3.8) is 0 Å². The Morgan fingerprint density at radius 3 is 2.48 bits per heavy atom. The fraction of sp³-hybridized carbons (Fsp3) is 0.611. The Hall–Kier alpha value is -1.51. The van der Waals surface area contributed by atoms with Crippen molar-refractivity contribution in [2.75, 3.05) is 13.1 Å². The summed E-state index contributed by atoms with van der Waals surface area (Å²) in [5.41, 5.74) is 3.87. The van der Waals surface area contributed by atoms with Crippen LogP contribution in [0.15, 0.2) is 12.1 Å². The van der Waals surface area contributed by atoms with Crippen LogP contribution in [0.2, 0.25) is 0 Å². The maximum absolute atomic E-state index is 12.1. The van der Waals surface area contributed by atoms with Crippen molar-refractivity contribution in [2.45, 2.75) is 51.9 Å². The molecule has 0 spiro atoms. The van der Waals surface area contributed by atoms with Gasteiger partial charge in [0, 0.05) is 19.0 Å². The average Bonchev–Trinajstić information content (AvgIpc) is 3.30. The van der Waals surface area contributed by atoms with Crippen molar-refractivity contribution in [1.29, 1.82) is 0 Å². The SMILES string of the molecule is CCc1cc(O)cc(C)c1C1CCN(C(=O)C2CC2)CC1. The zero-order valence-electron chi connectivity index (χ0n) is 13.1. The quantitative estimate of drug-likeness (QED) is 0.926. The van der Waals surface area contributed by atoms with E-state index in [9.17, 15) is 9.90 Å². The van der Waals surface area contributed by atoms with Crippen LogP contribution >= 0.6 is 0 Å². The highest BCUT2D eigenvalue weighted by Crippen LogP contribution is 2.37. The highest BCUT2D eigenvalue weighted by molar-refractivity contribution is 5.81. The van der Waals surface area contributed by atoms with Crippen LogP contribution in [0, 0.1) is 12.8 Å². The van der Waals surface area contributed by atoms with E-state index >= 15 is 0 Å². The second kappa shape index (κ2) is 5.70. The van der Waals surface area contributed by atoms with Crippen LogP contribution in [0.5, 0.6) is 5.75 Å². The molecule has 0 bridgehead atoms. The molecule has 0 atom stereocenters. The summed E-state index contributed by atoms with van der Waals surface area (Å²) >= 11 is 0. The molecule has 1 N–H and O–H groups in total. The Morgan fingerprint density at radius 2 is 1.90 bits per heavy atom. The summed E-state index contributed by atoms with van der Waals surface area (Å²) in [5.74, 6) is 1.62. The second-order valence-electron chi connectivity index (χ2n) is 6.56. The number of hydrogen-bond donors (Lipinski definition) is 1. The summed E-state index contributed by atoms with van der Waals surface area (Å²) in [6.45, 7) is 6.02. The number of phenolic OH excluding ortho intramolecular Hbond substituents is 1. The lowest BCUT2D eigenvalue weighted by molar-refractivity contribution is -0.133. The first kappa shape index (κ1) is 14.4. The van der Waals surface area contributed by atoms with Crippen LogP contribution in [-0.4, -0.2) is 29.0 Å². The van der Waals surface area contributed by atoms with Gasteiger partial charge in [-0.2, -0.15) is 0 Å². The van der Waals surface area contributed by atoms with Gasteiger partial charge in [0.05, 0.1) is 0 Å². The molecule has 1 amide bonds. The summed E-state index contributed by atoms with van der Waals surface area (Å²) in [5, 5.41) is 9.78. The zero-order valence-corrected chi connectivity index (χ0v) is 13.1. The molecule has 0 unspecified atom stereocenters. The van der Waals surface area contributed by atoms with E-state index in [4.69, 9.17) is 0 Å². The average molecular weight is 287 g/mol. The third kappa shape index (κ3) is 2.92. The molecule has 1 saturated carbocycles. The number of likely N-dealkylation sites (tertiary alicyclic amines) is 1. The molecular weight excluding hydrogens is 262 g/mol. The van der Waals surface area contributed by atoms with Gasteiger partial charge in [-0.3, -0.25) is 4.79 Å². The normalized spacial score (nSPS) is 19.8. The van der Waals surface area contributed by atoms with E-state index in [2.05, 4.69) is 18.7 Å². The van der Waals surface area contributed by atoms with E-state index < -0.39 is 0 Å². The molecule has 1 heterocycles. The van der Waals surface area contributed by atoms with Gasteiger partial charge in [-0.1, -0.05) is 6.92 Å². The maximum Gasteiger partial charge on any atom is 0.225 e. The van der Waals surface area contributed by atoms with Crippen LogP contribution in [0.25, 0.3) is 0 Å². The Bertz CT molecular complexity index is 540. The molecule has 3 rings (SSSR count). The van der Waals surface area contributed by atoms with Gasteiger partial charge < -0.3 is 10.0 Å². The van der Waals surface area contributed by atoms with Gasteiger partial charge >= 0.3 is 0 Å². The van der Waals surface area contributed by atoms with E-state index in [0.29, 0.717) is 23.5 Å². The van der Waals surface area contributed by atoms with E-state index in [-0.39, 0.29) is 0 Å². The van der Waals surface area contributed by atoms with Crippen molar-refractivity contribution >= 4 is 5.91 Å². The third-order valence-corrected chi connectivity index (χ3v) is 4.98. The van der Waals surface area contributed by atoms with Gasteiger partial charge in [0.1, 0.15) is 5.75 Å². The standard InChI is InChI=1S/C18H25NO2/c1-3-13-11-16(20)10-12(2)17(13)14-6-8-19(9-7-14)18(21)15-4-5-15/h10-11,14-15,20H,3-9H2,1-2H3. The number of benzene rings is 1. The smallest absolute Gasteiger partial charge is 0.225 e. The molecule has 0 radical (unpaired) electrons. The van der Waals surface area contributed by atoms with Crippen molar-refractivity contribution in [1.82, 2.24) is 4.90 Å². The monoisotopic (exact) mass is 287 g/mol. The fourth-order valence-corrected chi connectivity index (χ4v) is 3.70. The van der Waals surface area contributed by atoms with Crippen molar-refractivity contribution in [3.05, 3.63) is 28.8 Å². The second-order valence-corrected chi connectivity index (χ2v) is 6.56. The number of piperidine rings is 1. The first-order valence-corrected chi connectivity index (χ1v) is 8.21. The van der Waals surface area contributed by atoms with Gasteiger partial charge in [0.2, 0.25) is 5.91 Å². The van der Waals surface area contributed by atoms with E-state index in [1.807, 2.05) is 12.1 Å². The van der Waals surface area contributed by atoms with E-state index in [1.54, 1.807) is 0 Å². The van der Waals surface area contributed by atoms with Gasteiger partial charge in [-0.15, -0.1) is 0 Å². The molecule has 0 aromatic heterocycles. The van der Waals surface area contributed by atoms with Gasteiger partial charge in [0.15, 0.2) is 0 Å². The number of aromatic hydroxyl groups is 1. The predicted octanol–water partition coefficient (Wildman–Crippen LogP) is 3.38. The zero-order chi connectivity index (χ0) is 15.0. The van der Waals surface area contributed by atoms with Crippen LogP contribution < -0.4 is 0 Å². The lowest BCUT2D eigenvalue weighted by atomic mass is 9.83. The molecular formula is C18H25NO2. The van der Waals surface area contributed by atoms with Crippen LogP contribution in [-0.2, 0) is 11.2 Å². The molecule has 114 valence electrons. The minimum atomic E-state index is 0.336. The molecule has 1 aliphatic heterocycles. The Kier molecular flexibility index (Phi) is 3.92.